The Balaban J connectivity index is 0.000000362. The van der Waals surface area contributed by atoms with Crippen LogP contribution in [0.5, 0.6) is 0 Å². The largest absolute Gasteiger partial charge is 0.889 e. The highest BCUT2D eigenvalue weighted by atomic mass is 16.4. The maximum atomic E-state index is 10.3. The van der Waals surface area contributed by atoms with Crippen LogP contribution in [0.4, 0.5) is 0 Å². The van der Waals surface area contributed by atoms with Crippen LogP contribution in [-0.2, 0) is 6.54 Å². The third-order valence-corrected chi connectivity index (χ3v) is 2.83. The van der Waals surface area contributed by atoms with Gasteiger partial charge in [-0.25, -0.2) is 0 Å². The van der Waals surface area contributed by atoms with Gasteiger partial charge in [-0.15, -0.1) is 5.46 Å². The van der Waals surface area contributed by atoms with E-state index in [-0.39, 0.29) is 5.46 Å². The second-order valence-corrected chi connectivity index (χ2v) is 5.24. The van der Waals surface area contributed by atoms with Crippen LogP contribution >= 0.6 is 0 Å². The van der Waals surface area contributed by atoms with Gasteiger partial charge in [-0.1, -0.05) is 13.2 Å². The molecule has 0 aliphatic carbocycles. The summed E-state index contributed by atoms with van der Waals surface area (Å²) in [6, 6.07) is 3.04. The van der Waals surface area contributed by atoms with Gasteiger partial charge in [0, 0.05) is 12.7 Å². The van der Waals surface area contributed by atoms with Crippen LogP contribution in [0.2, 0.25) is 0 Å². The summed E-state index contributed by atoms with van der Waals surface area (Å²) in [5.41, 5.74) is 4.07. The Hall–Kier alpha value is -0.985. The second-order valence-electron chi connectivity index (χ2n) is 5.24. The zero-order chi connectivity index (χ0) is 15.3. The lowest BCUT2D eigenvalue weighted by atomic mass is 9.82. The maximum absolute atomic E-state index is 10.3. The molecular weight excluding hydrogens is 247 g/mol. The molecule has 4 N–H and O–H groups in total. The molecule has 0 aliphatic rings. The standard InChI is InChI=1S/C6H7BN2O2.C6H14O2/c8-3-6-2-1-5(4-9-6)7(10)11;1-5(2,7)6(3,4)8/h1-2,4H,3,8H2;7-8H,1-4H3/q-2;. The van der Waals surface area contributed by atoms with Crippen molar-refractivity contribution in [1.82, 2.24) is 4.98 Å². The van der Waals surface area contributed by atoms with E-state index >= 15 is 0 Å². The maximum Gasteiger partial charge on any atom is 0.0872 e. The first-order valence-corrected chi connectivity index (χ1v) is 5.90. The summed E-state index contributed by atoms with van der Waals surface area (Å²) in [6.45, 7) is 6.63. The van der Waals surface area contributed by atoms with Gasteiger partial charge in [-0.2, -0.15) is 0 Å². The Bertz CT molecular complexity index is 357. The van der Waals surface area contributed by atoms with Crippen LogP contribution in [0.3, 0.4) is 0 Å². The molecular formula is C12H21BN2O4-2. The van der Waals surface area contributed by atoms with Gasteiger partial charge >= 0.3 is 0 Å². The number of hydrogen-bond donors (Lipinski definition) is 3. The molecule has 1 rings (SSSR count). The monoisotopic (exact) mass is 268 g/mol. The Morgan fingerprint density at radius 1 is 1.16 bits per heavy atom. The molecule has 0 aromatic carbocycles. The molecule has 0 amide bonds. The molecule has 0 saturated carbocycles. The molecule has 108 valence electrons. The highest BCUT2D eigenvalue weighted by Crippen LogP contribution is 2.19. The quantitative estimate of drug-likeness (QED) is 0.520. The molecule has 0 atom stereocenters. The average Bonchev–Trinajstić information content (AvgIpc) is 2.27. The predicted octanol–water partition coefficient (Wildman–Crippen LogP) is -2.52. The van der Waals surface area contributed by atoms with Crippen molar-refractivity contribution in [3.05, 3.63) is 24.0 Å². The number of hydrogen-bond acceptors (Lipinski definition) is 6. The Labute approximate surface area is 114 Å². The van der Waals surface area contributed by atoms with Gasteiger partial charge in [0.15, 0.2) is 0 Å². The fourth-order valence-corrected chi connectivity index (χ4v) is 0.696. The van der Waals surface area contributed by atoms with Crippen LogP contribution < -0.4 is 21.2 Å². The van der Waals surface area contributed by atoms with Gasteiger partial charge in [0.2, 0.25) is 0 Å². The van der Waals surface area contributed by atoms with Gasteiger partial charge in [0.1, 0.15) is 0 Å². The van der Waals surface area contributed by atoms with Gasteiger partial charge < -0.3 is 26.0 Å². The first kappa shape index (κ1) is 18.0. The van der Waals surface area contributed by atoms with Crippen molar-refractivity contribution in [2.24, 2.45) is 5.73 Å². The molecule has 19 heavy (non-hydrogen) atoms. The summed E-state index contributed by atoms with van der Waals surface area (Å²) < 4.78 is 0. The smallest absolute Gasteiger partial charge is 0.0872 e. The second kappa shape index (κ2) is 6.97. The zero-order valence-corrected chi connectivity index (χ0v) is 11.8. The summed E-state index contributed by atoms with van der Waals surface area (Å²) in [5.74, 6) is 0. The number of aliphatic hydroxyl groups is 2. The molecule has 0 spiro atoms. The average molecular weight is 268 g/mol. The van der Waals surface area contributed by atoms with E-state index < -0.39 is 18.3 Å². The summed E-state index contributed by atoms with van der Waals surface area (Å²) in [6.07, 6.45) is 1.27. The molecule has 0 fully saturated rings. The molecule has 7 heteroatoms. The topological polar surface area (TPSA) is 125 Å². The highest BCUT2D eigenvalue weighted by molar-refractivity contribution is 6.55. The SMILES string of the molecule is CC(C)(O)C(C)(C)O.NCc1ccc(B([O-])[O-])cn1. The fourth-order valence-electron chi connectivity index (χ4n) is 0.696. The lowest BCUT2D eigenvalue weighted by molar-refractivity contribution is -0.341. The van der Waals surface area contributed by atoms with E-state index in [0.29, 0.717) is 12.2 Å². The first-order valence-electron chi connectivity index (χ1n) is 5.90. The molecule has 1 aromatic heterocycles. The number of aromatic nitrogens is 1. The third kappa shape index (κ3) is 6.65. The van der Waals surface area contributed by atoms with Crippen molar-refractivity contribution in [1.29, 1.82) is 0 Å². The lowest BCUT2D eigenvalue weighted by Gasteiger charge is -2.31. The van der Waals surface area contributed by atoms with Gasteiger partial charge in [0.05, 0.1) is 16.9 Å². The van der Waals surface area contributed by atoms with E-state index in [0.717, 1.165) is 0 Å². The van der Waals surface area contributed by atoms with E-state index in [9.17, 15) is 10.0 Å². The van der Waals surface area contributed by atoms with Crippen molar-refractivity contribution in [3.8, 4) is 0 Å². The molecule has 0 unspecified atom stereocenters. The normalized spacial score (nSPS) is 11.6. The van der Waals surface area contributed by atoms with E-state index in [1.165, 1.54) is 12.3 Å². The van der Waals surface area contributed by atoms with Crippen LogP contribution in [-0.4, -0.2) is 33.5 Å². The van der Waals surface area contributed by atoms with Crippen LogP contribution in [0.1, 0.15) is 33.4 Å². The predicted molar refractivity (Wildman–Crippen MR) is 70.1 cm³/mol. The molecule has 6 nitrogen and oxygen atoms in total. The van der Waals surface area contributed by atoms with Crippen molar-refractivity contribution in [3.63, 3.8) is 0 Å². The summed E-state index contributed by atoms with van der Waals surface area (Å²) >= 11 is 0. The van der Waals surface area contributed by atoms with Crippen LogP contribution in [0.15, 0.2) is 18.3 Å². The molecule has 0 saturated heterocycles. The van der Waals surface area contributed by atoms with Crippen LogP contribution in [0, 0.1) is 0 Å². The number of nitrogens with zero attached hydrogens (tertiary/aromatic N) is 1. The first-order chi connectivity index (χ1) is 8.49. The molecule has 0 bridgehead atoms. The van der Waals surface area contributed by atoms with E-state index in [1.54, 1.807) is 33.8 Å². The fraction of sp³-hybridized carbons (Fsp3) is 0.583. The van der Waals surface area contributed by atoms with Crippen molar-refractivity contribution < 1.29 is 20.3 Å². The summed E-state index contributed by atoms with van der Waals surface area (Å²) in [7, 11) is -1.95. The van der Waals surface area contributed by atoms with Gasteiger partial charge in [0.25, 0.3) is 0 Å². The third-order valence-electron chi connectivity index (χ3n) is 2.83. The summed E-state index contributed by atoms with van der Waals surface area (Å²) in [4.78, 5) is 3.79. The minimum atomic E-state index is -1.95. The van der Waals surface area contributed by atoms with Crippen molar-refractivity contribution >= 4 is 12.6 Å². The van der Waals surface area contributed by atoms with Gasteiger partial charge in [-0.3, -0.25) is 4.98 Å². The number of pyridine rings is 1. The van der Waals surface area contributed by atoms with E-state index in [4.69, 9.17) is 15.9 Å². The van der Waals surface area contributed by atoms with E-state index in [1.807, 2.05) is 0 Å². The summed E-state index contributed by atoms with van der Waals surface area (Å²) in [5, 5.41) is 38.8. The van der Waals surface area contributed by atoms with Gasteiger partial charge in [-0.05, 0) is 33.8 Å². The number of nitrogens with two attached hydrogens (primary N) is 1. The van der Waals surface area contributed by atoms with Crippen LogP contribution in [0.25, 0.3) is 0 Å². The highest BCUT2D eigenvalue weighted by Gasteiger charge is 2.31. The minimum absolute atomic E-state index is 0.155. The molecule has 1 heterocycles. The van der Waals surface area contributed by atoms with Crippen molar-refractivity contribution in [2.75, 3.05) is 0 Å². The zero-order valence-electron chi connectivity index (χ0n) is 11.8. The van der Waals surface area contributed by atoms with E-state index in [2.05, 4.69) is 4.98 Å². The molecule has 0 radical (unpaired) electrons. The molecule has 1 aromatic rings. The lowest BCUT2D eigenvalue weighted by Crippen LogP contribution is -2.55. The minimum Gasteiger partial charge on any atom is -0.889 e. The Morgan fingerprint density at radius 2 is 1.63 bits per heavy atom. The molecule has 0 aliphatic heterocycles. The van der Waals surface area contributed by atoms with Crippen molar-refractivity contribution in [2.45, 2.75) is 45.4 Å². The Morgan fingerprint density at radius 3 is 1.84 bits per heavy atom. The Kier molecular flexibility index (Phi) is 6.61. The number of rotatable bonds is 3.